The Hall–Kier alpha value is -0.120. The Kier molecular flexibility index (Phi) is 5.45. The number of ether oxygens (including phenoxy) is 2. The lowest BCUT2D eigenvalue weighted by Gasteiger charge is -2.37. The summed E-state index contributed by atoms with van der Waals surface area (Å²) in [7, 11) is 0. The molecule has 1 aliphatic rings. The third-order valence-electron chi connectivity index (χ3n) is 2.59. The Bertz CT molecular complexity index is 146. The van der Waals surface area contributed by atoms with Gasteiger partial charge < -0.3 is 14.8 Å². The number of nitrogens with one attached hydrogen (secondary N) is 1. The fraction of sp³-hybridized carbons (Fsp3) is 1.00. The van der Waals surface area contributed by atoms with Crippen molar-refractivity contribution in [2.75, 3.05) is 19.8 Å². The van der Waals surface area contributed by atoms with E-state index in [1.807, 2.05) is 6.92 Å². The minimum Gasteiger partial charge on any atom is -0.380 e. The molecule has 1 aliphatic carbocycles. The second-order valence-corrected chi connectivity index (χ2v) is 3.97. The predicted molar refractivity (Wildman–Crippen MR) is 57.5 cm³/mol. The molecular formula is C11H23NO2. The van der Waals surface area contributed by atoms with Gasteiger partial charge in [0, 0.05) is 25.3 Å². The Morgan fingerprint density at radius 2 is 2.00 bits per heavy atom. The van der Waals surface area contributed by atoms with E-state index in [9.17, 15) is 0 Å². The molecule has 1 fully saturated rings. The highest BCUT2D eigenvalue weighted by Crippen LogP contribution is 2.23. The van der Waals surface area contributed by atoms with Crippen LogP contribution in [0.1, 0.15) is 33.6 Å². The molecule has 0 aromatic heterocycles. The van der Waals surface area contributed by atoms with Crippen LogP contribution >= 0.6 is 0 Å². The lowest BCUT2D eigenvalue weighted by Crippen LogP contribution is -2.49. The van der Waals surface area contributed by atoms with Gasteiger partial charge in [-0.2, -0.15) is 0 Å². The average Bonchev–Trinajstić information content (AvgIpc) is 2.11. The van der Waals surface area contributed by atoms with Crippen molar-refractivity contribution in [3.8, 4) is 0 Å². The van der Waals surface area contributed by atoms with Crippen LogP contribution in [0.4, 0.5) is 0 Å². The summed E-state index contributed by atoms with van der Waals surface area (Å²) in [5, 5.41) is 3.53. The zero-order valence-corrected chi connectivity index (χ0v) is 9.58. The van der Waals surface area contributed by atoms with Crippen LogP contribution < -0.4 is 5.32 Å². The van der Waals surface area contributed by atoms with Crippen LogP contribution in [0.25, 0.3) is 0 Å². The quantitative estimate of drug-likeness (QED) is 0.678. The standard InChI is InChI=1S/C11H23NO2/c1-4-13-8-9(3)12-10-6-11(7-10)14-5-2/h9-12H,4-8H2,1-3H3. The van der Waals surface area contributed by atoms with Crippen LogP contribution in [-0.4, -0.2) is 38.0 Å². The van der Waals surface area contributed by atoms with Crippen LogP contribution in [0.3, 0.4) is 0 Å². The molecule has 1 atom stereocenters. The fourth-order valence-corrected chi connectivity index (χ4v) is 1.82. The third-order valence-corrected chi connectivity index (χ3v) is 2.59. The van der Waals surface area contributed by atoms with Gasteiger partial charge >= 0.3 is 0 Å². The lowest BCUT2D eigenvalue weighted by molar-refractivity contribution is -0.0148. The van der Waals surface area contributed by atoms with Crippen LogP contribution in [0.2, 0.25) is 0 Å². The average molecular weight is 201 g/mol. The third kappa shape index (κ3) is 3.95. The van der Waals surface area contributed by atoms with Gasteiger partial charge in [0.05, 0.1) is 12.7 Å². The van der Waals surface area contributed by atoms with E-state index in [-0.39, 0.29) is 0 Å². The van der Waals surface area contributed by atoms with E-state index < -0.39 is 0 Å². The fourth-order valence-electron chi connectivity index (χ4n) is 1.82. The summed E-state index contributed by atoms with van der Waals surface area (Å²) in [4.78, 5) is 0. The van der Waals surface area contributed by atoms with E-state index in [0.29, 0.717) is 18.2 Å². The second kappa shape index (κ2) is 6.38. The molecule has 0 heterocycles. The summed E-state index contributed by atoms with van der Waals surface area (Å²) >= 11 is 0. The summed E-state index contributed by atoms with van der Waals surface area (Å²) in [6.45, 7) is 8.71. The van der Waals surface area contributed by atoms with Crippen molar-refractivity contribution < 1.29 is 9.47 Å². The highest BCUT2D eigenvalue weighted by atomic mass is 16.5. The van der Waals surface area contributed by atoms with Crippen LogP contribution in [0.15, 0.2) is 0 Å². The molecule has 84 valence electrons. The molecule has 0 spiro atoms. The summed E-state index contributed by atoms with van der Waals surface area (Å²) in [6, 6.07) is 1.10. The summed E-state index contributed by atoms with van der Waals surface area (Å²) in [5.74, 6) is 0. The van der Waals surface area contributed by atoms with Crippen molar-refractivity contribution in [3.05, 3.63) is 0 Å². The van der Waals surface area contributed by atoms with Gasteiger partial charge in [0.1, 0.15) is 0 Å². The first-order valence-electron chi connectivity index (χ1n) is 5.71. The Morgan fingerprint density at radius 3 is 2.57 bits per heavy atom. The highest BCUT2D eigenvalue weighted by molar-refractivity contribution is 4.87. The molecule has 0 aromatic rings. The lowest BCUT2D eigenvalue weighted by atomic mass is 9.89. The van der Waals surface area contributed by atoms with Crippen molar-refractivity contribution in [2.24, 2.45) is 0 Å². The molecule has 0 bridgehead atoms. The van der Waals surface area contributed by atoms with Crippen molar-refractivity contribution >= 4 is 0 Å². The molecule has 0 aromatic carbocycles. The first-order valence-corrected chi connectivity index (χ1v) is 5.71. The van der Waals surface area contributed by atoms with Crippen molar-refractivity contribution in [2.45, 2.75) is 51.8 Å². The minimum absolute atomic E-state index is 0.461. The molecule has 0 amide bonds. The number of rotatable bonds is 7. The van der Waals surface area contributed by atoms with E-state index in [4.69, 9.17) is 9.47 Å². The van der Waals surface area contributed by atoms with Gasteiger partial charge in [-0.3, -0.25) is 0 Å². The van der Waals surface area contributed by atoms with E-state index in [1.165, 1.54) is 0 Å². The maximum absolute atomic E-state index is 5.50. The van der Waals surface area contributed by atoms with Gasteiger partial charge in [0.15, 0.2) is 0 Å². The van der Waals surface area contributed by atoms with Gasteiger partial charge in [-0.05, 0) is 33.6 Å². The first kappa shape index (κ1) is 12.0. The molecule has 3 nitrogen and oxygen atoms in total. The largest absolute Gasteiger partial charge is 0.380 e. The Labute approximate surface area is 87.2 Å². The minimum atomic E-state index is 0.461. The number of hydrogen-bond acceptors (Lipinski definition) is 3. The number of hydrogen-bond donors (Lipinski definition) is 1. The van der Waals surface area contributed by atoms with Crippen molar-refractivity contribution in [3.63, 3.8) is 0 Å². The topological polar surface area (TPSA) is 30.5 Å². The predicted octanol–water partition coefficient (Wildman–Crippen LogP) is 1.57. The molecule has 0 saturated heterocycles. The Morgan fingerprint density at radius 1 is 1.29 bits per heavy atom. The molecule has 1 rings (SSSR count). The molecule has 1 unspecified atom stereocenters. The monoisotopic (exact) mass is 201 g/mol. The SMILES string of the molecule is CCOCC(C)NC1CC(OCC)C1. The van der Waals surface area contributed by atoms with Gasteiger partial charge in [-0.1, -0.05) is 0 Å². The van der Waals surface area contributed by atoms with Crippen LogP contribution in [0.5, 0.6) is 0 Å². The highest BCUT2D eigenvalue weighted by Gasteiger charge is 2.29. The summed E-state index contributed by atoms with van der Waals surface area (Å²) in [5.41, 5.74) is 0. The molecule has 1 N–H and O–H groups in total. The van der Waals surface area contributed by atoms with Gasteiger partial charge in [0.2, 0.25) is 0 Å². The Balaban J connectivity index is 1.98. The maximum atomic E-state index is 5.50. The van der Waals surface area contributed by atoms with E-state index in [0.717, 1.165) is 32.7 Å². The van der Waals surface area contributed by atoms with Crippen molar-refractivity contribution in [1.82, 2.24) is 5.32 Å². The first-order chi connectivity index (χ1) is 6.76. The molecule has 3 heteroatoms. The smallest absolute Gasteiger partial charge is 0.0616 e. The van der Waals surface area contributed by atoms with E-state index in [1.54, 1.807) is 0 Å². The zero-order valence-electron chi connectivity index (χ0n) is 9.58. The van der Waals surface area contributed by atoms with Gasteiger partial charge in [-0.15, -0.1) is 0 Å². The molecule has 14 heavy (non-hydrogen) atoms. The van der Waals surface area contributed by atoms with Crippen molar-refractivity contribution in [1.29, 1.82) is 0 Å². The second-order valence-electron chi connectivity index (χ2n) is 3.97. The summed E-state index contributed by atoms with van der Waals surface area (Å²) < 4.78 is 10.8. The van der Waals surface area contributed by atoms with Gasteiger partial charge in [-0.25, -0.2) is 0 Å². The molecule has 0 aliphatic heterocycles. The normalized spacial score (nSPS) is 28.5. The van der Waals surface area contributed by atoms with Gasteiger partial charge in [0.25, 0.3) is 0 Å². The van der Waals surface area contributed by atoms with Crippen LogP contribution in [-0.2, 0) is 9.47 Å². The zero-order chi connectivity index (χ0) is 10.4. The van der Waals surface area contributed by atoms with E-state index in [2.05, 4.69) is 19.2 Å². The molecule has 1 saturated carbocycles. The molecule has 0 radical (unpaired) electrons. The van der Waals surface area contributed by atoms with E-state index >= 15 is 0 Å². The maximum Gasteiger partial charge on any atom is 0.0616 e. The summed E-state index contributed by atoms with van der Waals surface area (Å²) in [6.07, 6.45) is 2.81. The molecular weight excluding hydrogens is 178 g/mol. The van der Waals surface area contributed by atoms with Crippen LogP contribution in [0, 0.1) is 0 Å².